The van der Waals surface area contributed by atoms with E-state index in [4.69, 9.17) is 4.74 Å². The van der Waals surface area contributed by atoms with E-state index in [1.54, 1.807) is 6.21 Å². The summed E-state index contributed by atoms with van der Waals surface area (Å²) in [5, 5.41) is 6.32. The average Bonchev–Trinajstić information content (AvgIpc) is 3.06. The number of nitrogens with zero attached hydrogens (tertiary/aromatic N) is 3. The maximum atomic E-state index is 13.8. The Morgan fingerprint density at radius 3 is 2.49 bits per heavy atom. The maximum Gasteiger partial charge on any atom is 0.257 e. The number of carbonyl (C=O) groups is 1. The fourth-order valence-corrected chi connectivity index (χ4v) is 4.77. The minimum Gasteiger partial charge on any atom is -0.486 e. The lowest BCUT2D eigenvalue weighted by molar-refractivity contribution is -0.126. The molecule has 7 heteroatoms. The van der Waals surface area contributed by atoms with Crippen LogP contribution in [0.3, 0.4) is 0 Å². The van der Waals surface area contributed by atoms with Gasteiger partial charge in [0, 0.05) is 51.6 Å². The molecule has 7 nitrogen and oxygen atoms in total. The van der Waals surface area contributed by atoms with Crippen molar-refractivity contribution in [2.75, 3.05) is 40.3 Å². The number of rotatable bonds is 14. The van der Waals surface area contributed by atoms with Crippen molar-refractivity contribution in [3.8, 4) is 5.75 Å². The number of hydrogen-bond donors (Lipinski definition) is 2. The first kappa shape index (κ1) is 30.0. The minimum absolute atomic E-state index is 0.000711. The van der Waals surface area contributed by atoms with Crippen molar-refractivity contribution in [1.29, 1.82) is 0 Å². The number of benzene rings is 2. The Kier molecular flexibility index (Phi) is 11.6. The van der Waals surface area contributed by atoms with Crippen LogP contribution < -0.4 is 15.4 Å². The molecule has 3 rings (SSSR count). The fourth-order valence-electron chi connectivity index (χ4n) is 4.77. The molecule has 0 fully saturated rings. The number of allylic oxidation sites excluding steroid dienone is 1. The lowest BCUT2D eigenvalue weighted by Crippen LogP contribution is -2.34. The quantitative estimate of drug-likeness (QED) is 0.330. The predicted molar refractivity (Wildman–Crippen MR) is 161 cm³/mol. The molecule has 0 saturated heterocycles. The molecule has 0 aliphatic carbocycles. The summed E-state index contributed by atoms with van der Waals surface area (Å²) in [7, 11) is 4.02. The van der Waals surface area contributed by atoms with E-state index in [2.05, 4.69) is 72.3 Å². The first-order chi connectivity index (χ1) is 18.9. The molecule has 0 bridgehead atoms. The van der Waals surface area contributed by atoms with E-state index in [1.165, 1.54) is 0 Å². The molecule has 2 aromatic rings. The molecule has 0 saturated carbocycles. The second kappa shape index (κ2) is 15.1. The molecule has 2 unspecified atom stereocenters. The van der Waals surface area contributed by atoms with E-state index in [-0.39, 0.29) is 17.9 Å². The van der Waals surface area contributed by atoms with Gasteiger partial charge in [-0.05, 0) is 56.1 Å². The molecule has 2 atom stereocenters. The Morgan fingerprint density at radius 2 is 1.85 bits per heavy atom. The van der Waals surface area contributed by atoms with Crippen LogP contribution in [0.2, 0.25) is 0 Å². The van der Waals surface area contributed by atoms with Gasteiger partial charge in [0.2, 0.25) is 0 Å². The van der Waals surface area contributed by atoms with E-state index >= 15 is 0 Å². The summed E-state index contributed by atoms with van der Waals surface area (Å²) in [5.41, 5.74) is 3.89. The van der Waals surface area contributed by atoms with Gasteiger partial charge in [-0.2, -0.15) is 0 Å². The van der Waals surface area contributed by atoms with Gasteiger partial charge in [-0.15, -0.1) is 0 Å². The fraction of sp³-hybridized carbons (Fsp3) is 0.438. The topological polar surface area (TPSA) is 69.2 Å². The van der Waals surface area contributed by atoms with Crippen molar-refractivity contribution in [2.45, 2.75) is 46.3 Å². The number of aliphatic imine (C=N–C) groups is 1. The third-order valence-electron chi connectivity index (χ3n) is 7.12. The van der Waals surface area contributed by atoms with Crippen LogP contribution in [0.4, 0.5) is 0 Å². The molecule has 0 aromatic heterocycles. The van der Waals surface area contributed by atoms with Gasteiger partial charge in [0.1, 0.15) is 17.7 Å². The zero-order valence-electron chi connectivity index (χ0n) is 24.2. The second-order valence-electron chi connectivity index (χ2n) is 10.0. The van der Waals surface area contributed by atoms with E-state index in [1.807, 2.05) is 49.2 Å². The molecule has 0 radical (unpaired) electrons. The molecule has 2 N–H and O–H groups in total. The summed E-state index contributed by atoms with van der Waals surface area (Å²) in [6.07, 6.45) is 3.47. The normalized spacial score (nSPS) is 15.9. The summed E-state index contributed by atoms with van der Waals surface area (Å²) in [6, 6.07) is 18.4. The minimum atomic E-state index is -0.0323. The van der Waals surface area contributed by atoms with Crippen LogP contribution in [0.1, 0.15) is 50.8 Å². The zero-order chi connectivity index (χ0) is 28.2. The molecule has 1 aliphatic rings. The Bertz CT molecular complexity index is 1130. The van der Waals surface area contributed by atoms with Crippen molar-refractivity contribution >= 4 is 12.1 Å². The second-order valence-corrected chi connectivity index (χ2v) is 10.0. The van der Waals surface area contributed by atoms with Crippen LogP contribution >= 0.6 is 0 Å². The molecule has 39 heavy (non-hydrogen) atoms. The van der Waals surface area contributed by atoms with E-state index in [0.29, 0.717) is 24.5 Å². The van der Waals surface area contributed by atoms with Crippen LogP contribution in [0.5, 0.6) is 5.75 Å². The lowest BCUT2D eigenvalue weighted by atomic mass is 9.98. The number of carbonyl (C=O) groups excluding carboxylic acids is 1. The molecule has 1 aliphatic heterocycles. The smallest absolute Gasteiger partial charge is 0.257 e. The molecule has 1 heterocycles. The SMILES string of the molecule is C=C(N=CC1=C(C(C)CC)N(C)CCN(Cc2ccc(OC(CCNC)c3ccccc3)cc2)C1=O)NCC. The van der Waals surface area contributed by atoms with Crippen molar-refractivity contribution in [2.24, 2.45) is 10.9 Å². The molecule has 1 amide bonds. The highest BCUT2D eigenvalue weighted by molar-refractivity contribution is 6.13. The van der Waals surface area contributed by atoms with Crippen LogP contribution in [0.25, 0.3) is 0 Å². The molecular weight excluding hydrogens is 486 g/mol. The summed E-state index contributed by atoms with van der Waals surface area (Å²) < 4.78 is 6.38. The predicted octanol–water partition coefficient (Wildman–Crippen LogP) is 5.14. The first-order valence-electron chi connectivity index (χ1n) is 14.0. The van der Waals surface area contributed by atoms with Gasteiger partial charge in [-0.1, -0.05) is 62.9 Å². The van der Waals surface area contributed by atoms with Crippen LogP contribution in [-0.2, 0) is 11.3 Å². The van der Waals surface area contributed by atoms with Gasteiger partial charge in [-0.25, -0.2) is 4.99 Å². The van der Waals surface area contributed by atoms with Crippen molar-refractivity contribution in [3.63, 3.8) is 0 Å². The molecule has 2 aromatic carbocycles. The summed E-state index contributed by atoms with van der Waals surface area (Å²) in [4.78, 5) is 22.4. The third-order valence-corrected chi connectivity index (χ3v) is 7.12. The highest BCUT2D eigenvalue weighted by atomic mass is 16.5. The van der Waals surface area contributed by atoms with E-state index in [9.17, 15) is 4.79 Å². The third kappa shape index (κ3) is 8.45. The summed E-state index contributed by atoms with van der Waals surface area (Å²) in [5.74, 6) is 1.61. The van der Waals surface area contributed by atoms with Gasteiger partial charge in [0.05, 0.1) is 5.57 Å². The summed E-state index contributed by atoms with van der Waals surface area (Å²) >= 11 is 0. The Balaban J connectivity index is 1.79. The highest BCUT2D eigenvalue weighted by Gasteiger charge is 2.29. The van der Waals surface area contributed by atoms with Crippen molar-refractivity contribution in [3.05, 3.63) is 89.4 Å². The van der Waals surface area contributed by atoms with Gasteiger partial charge < -0.3 is 25.2 Å². The number of nitrogens with one attached hydrogen (secondary N) is 2. The Morgan fingerprint density at radius 1 is 1.13 bits per heavy atom. The number of likely N-dealkylation sites (N-methyl/N-ethyl adjacent to an activating group) is 1. The number of amides is 1. The standard InChI is InChI=1S/C32H45N5O2/c1-7-24(3)31-29(22-35-25(4)34-8-2)32(38)37(21-20-36(31)6)23-26-14-16-28(17-15-26)39-30(18-19-33-5)27-12-10-9-11-13-27/h9-17,22,24,30,33-34H,4,7-8,18-21,23H2,1-3,5-6H3. The van der Waals surface area contributed by atoms with E-state index in [0.717, 1.165) is 55.0 Å². The van der Waals surface area contributed by atoms with Gasteiger partial charge in [0.25, 0.3) is 5.91 Å². The summed E-state index contributed by atoms with van der Waals surface area (Å²) in [6.45, 7) is 13.8. The monoisotopic (exact) mass is 531 g/mol. The van der Waals surface area contributed by atoms with Crippen LogP contribution in [-0.4, -0.2) is 62.2 Å². The van der Waals surface area contributed by atoms with Gasteiger partial charge in [-0.3, -0.25) is 4.79 Å². The number of ether oxygens (including phenoxy) is 1. The molecular formula is C32H45N5O2. The lowest BCUT2D eigenvalue weighted by Gasteiger charge is -2.26. The Hall–Kier alpha value is -3.58. The Labute approximate surface area is 234 Å². The highest BCUT2D eigenvalue weighted by Crippen LogP contribution is 2.27. The average molecular weight is 532 g/mol. The molecule has 210 valence electrons. The van der Waals surface area contributed by atoms with Crippen LogP contribution in [0.15, 0.2) is 83.3 Å². The molecule has 0 spiro atoms. The largest absolute Gasteiger partial charge is 0.486 e. The van der Waals surface area contributed by atoms with E-state index < -0.39 is 0 Å². The van der Waals surface area contributed by atoms with Crippen LogP contribution in [0, 0.1) is 5.92 Å². The van der Waals surface area contributed by atoms with Gasteiger partial charge >= 0.3 is 0 Å². The number of hydrogen-bond acceptors (Lipinski definition) is 6. The maximum absolute atomic E-state index is 13.8. The first-order valence-corrected chi connectivity index (χ1v) is 14.0. The zero-order valence-corrected chi connectivity index (χ0v) is 24.2. The van der Waals surface area contributed by atoms with Crippen molar-refractivity contribution in [1.82, 2.24) is 20.4 Å². The van der Waals surface area contributed by atoms with Crippen molar-refractivity contribution < 1.29 is 9.53 Å². The van der Waals surface area contributed by atoms with Gasteiger partial charge in [0.15, 0.2) is 0 Å².